The van der Waals surface area contributed by atoms with Crippen LogP contribution in [0.5, 0.6) is 0 Å². The van der Waals surface area contributed by atoms with E-state index in [9.17, 15) is 4.39 Å². The van der Waals surface area contributed by atoms with Gasteiger partial charge in [0.05, 0.1) is 11.7 Å². The van der Waals surface area contributed by atoms with E-state index in [0.717, 1.165) is 0 Å². The van der Waals surface area contributed by atoms with Crippen LogP contribution in [0.2, 0.25) is 0 Å². The summed E-state index contributed by atoms with van der Waals surface area (Å²) in [6.45, 7) is 6.01. The number of halogens is 1. The molecule has 1 aliphatic heterocycles. The van der Waals surface area contributed by atoms with E-state index in [4.69, 9.17) is 4.74 Å². The third-order valence-corrected chi connectivity index (χ3v) is 1.31. The number of morpholine rings is 1. The van der Waals surface area contributed by atoms with E-state index in [1.165, 1.54) is 0 Å². The van der Waals surface area contributed by atoms with Gasteiger partial charge in [-0.3, -0.25) is 0 Å². The van der Waals surface area contributed by atoms with Gasteiger partial charge in [0, 0.05) is 0 Å². The third kappa shape index (κ3) is 1.29. The molecule has 1 aliphatic rings. The zero-order valence-corrected chi connectivity index (χ0v) is 5.86. The maximum atomic E-state index is 11.9. The molecule has 1 atom stereocenters. The van der Waals surface area contributed by atoms with Gasteiger partial charge in [0.2, 0.25) is 0 Å². The van der Waals surface area contributed by atoms with Crippen molar-refractivity contribution in [2.24, 2.45) is 0 Å². The highest BCUT2D eigenvalue weighted by Crippen LogP contribution is 2.13. The lowest BCUT2D eigenvalue weighted by Crippen LogP contribution is -2.35. The zero-order valence-electron chi connectivity index (χ0n) is 5.86. The van der Waals surface area contributed by atoms with Crippen molar-refractivity contribution >= 4 is 0 Å². The topological polar surface area (TPSA) is 21.3 Å². The molecule has 0 amide bonds. The lowest BCUT2D eigenvalue weighted by Gasteiger charge is -2.25. The molecule has 1 N–H and O–H groups in total. The minimum Gasteiger partial charge on any atom is -0.487 e. The minimum atomic E-state index is 0.207. The molecule has 0 aromatic heterocycles. The first-order chi connectivity index (χ1) is 4.74. The van der Waals surface area contributed by atoms with Crippen LogP contribution in [0.3, 0.4) is 0 Å². The van der Waals surface area contributed by atoms with Crippen molar-refractivity contribution in [1.82, 2.24) is 5.32 Å². The predicted octanol–water partition coefficient (Wildman–Crippen LogP) is 1.32. The minimum absolute atomic E-state index is 0.207. The first-order valence-electron chi connectivity index (χ1n) is 3.13. The van der Waals surface area contributed by atoms with Crippen molar-refractivity contribution in [2.75, 3.05) is 6.61 Å². The second-order valence-electron chi connectivity index (χ2n) is 2.31. The summed E-state index contributed by atoms with van der Waals surface area (Å²) >= 11 is 0. The summed E-state index contributed by atoms with van der Waals surface area (Å²) in [5.74, 6) is 0.207. The van der Waals surface area contributed by atoms with E-state index in [1.54, 1.807) is 0 Å². The summed E-state index contributed by atoms with van der Waals surface area (Å²) in [5, 5.41) is 2.95. The van der Waals surface area contributed by atoms with Crippen LogP contribution >= 0.6 is 0 Å². The van der Waals surface area contributed by atoms with Crippen LogP contribution in [0.25, 0.3) is 0 Å². The Hall–Kier alpha value is -0.990. The normalized spacial score (nSPS) is 29.6. The van der Waals surface area contributed by atoms with Gasteiger partial charge >= 0.3 is 0 Å². The summed E-state index contributed by atoms with van der Waals surface area (Å²) in [7, 11) is 0. The molecule has 1 heterocycles. The molecule has 0 saturated carbocycles. The van der Waals surface area contributed by atoms with Crippen LogP contribution in [0, 0.1) is 0 Å². The molecule has 0 unspecified atom stereocenters. The van der Waals surface area contributed by atoms with Crippen molar-refractivity contribution in [3.63, 3.8) is 0 Å². The second kappa shape index (κ2) is 2.73. The lowest BCUT2D eigenvalue weighted by molar-refractivity contribution is 0.162. The van der Waals surface area contributed by atoms with E-state index >= 15 is 0 Å². The van der Waals surface area contributed by atoms with Crippen LogP contribution in [0.1, 0.15) is 6.92 Å². The Bertz CT molecular complexity index is 176. The van der Waals surface area contributed by atoms with E-state index < -0.39 is 0 Å². The number of hydrogen-bond donors (Lipinski definition) is 1. The lowest BCUT2D eigenvalue weighted by atomic mass is 10.2. The quantitative estimate of drug-likeness (QED) is 0.552. The maximum absolute atomic E-state index is 11.9. The first kappa shape index (κ1) is 7.12. The Labute approximate surface area is 59.4 Å². The van der Waals surface area contributed by atoms with Gasteiger partial charge in [0.25, 0.3) is 0 Å². The van der Waals surface area contributed by atoms with Gasteiger partial charge in [-0.25, -0.2) is 4.39 Å². The largest absolute Gasteiger partial charge is 0.487 e. The molecule has 0 radical (unpaired) electrons. The highest BCUT2D eigenvalue weighted by molar-refractivity contribution is 5.21. The van der Waals surface area contributed by atoms with Crippen LogP contribution < -0.4 is 5.32 Å². The molecule has 1 fully saturated rings. The molecule has 3 heteroatoms. The second-order valence-corrected chi connectivity index (χ2v) is 2.31. The summed E-state index contributed by atoms with van der Waals surface area (Å²) in [5.41, 5.74) is 0.515. The Balaban J connectivity index is 2.61. The Kier molecular flexibility index (Phi) is 1.94. The van der Waals surface area contributed by atoms with Gasteiger partial charge in [-0.05, 0) is 6.92 Å². The highest BCUT2D eigenvalue weighted by atomic mass is 19.1. The molecule has 1 saturated heterocycles. The van der Waals surface area contributed by atoms with Crippen LogP contribution in [-0.2, 0) is 4.74 Å². The van der Waals surface area contributed by atoms with Gasteiger partial charge in [-0.1, -0.05) is 6.58 Å². The molecule has 0 aliphatic carbocycles. The number of nitrogens with one attached hydrogen (secondary N) is 1. The molecule has 1 rings (SSSR count). The third-order valence-electron chi connectivity index (χ3n) is 1.31. The fourth-order valence-corrected chi connectivity index (χ4v) is 0.809. The maximum Gasteiger partial charge on any atom is 0.170 e. The molecule has 56 valence electrons. The molecule has 0 spiro atoms. The molecular weight excluding hydrogens is 133 g/mol. The molecule has 0 bridgehead atoms. The van der Waals surface area contributed by atoms with Gasteiger partial charge < -0.3 is 10.1 Å². The fraction of sp³-hybridized carbons (Fsp3) is 0.429. The summed E-state index contributed by atoms with van der Waals surface area (Å²) in [6.07, 6.45) is 0.418. The Morgan fingerprint density at radius 1 is 1.90 bits per heavy atom. The van der Waals surface area contributed by atoms with Crippen molar-refractivity contribution in [1.29, 1.82) is 0 Å². The number of hydrogen-bond acceptors (Lipinski definition) is 2. The first-order valence-corrected chi connectivity index (χ1v) is 3.13. The van der Waals surface area contributed by atoms with Crippen molar-refractivity contribution in [2.45, 2.75) is 13.0 Å². The van der Waals surface area contributed by atoms with Gasteiger partial charge in [0.15, 0.2) is 5.76 Å². The average Bonchev–Trinajstić information content (AvgIpc) is 1.88. The van der Waals surface area contributed by atoms with Crippen molar-refractivity contribution < 1.29 is 9.13 Å². The van der Waals surface area contributed by atoms with E-state index in [1.807, 2.05) is 6.92 Å². The van der Waals surface area contributed by atoms with E-state index in [2.05, 4.69) is 11.9 Å². The Morgan fingerprint density at radius 2 is 2.60 bits per heavy atom. The fourth-order valence-electron chi connectivity index (χ4n) is 0.809. The standard InChI is InChI=1S/C7H10FNO/c1-5-4-10-7(3-8)6(2)9-5/h3,5,9H,2,4H2,1H3/b7-3-/t5-/m0/s1. The zero-order chi connectivity index (χ0) is 7.56. The summed E-state index contributed by atoms with van der Waals surface area (Å²) in [6, 6.07) is 0.219. The molecular formula is C7H10FNO. The highest BCUT2D eigenvalue weighted by Gasteiger charge is 2.15. The predicted molar refractivity (Wildman–Crippen MR) is 36.9 cm³/mol. The molecule has 2 nitrogen and oxygen atoms in total. The molecule has 0 aromatic carbocycles. The van der Waals surface area contributed by atoms with Gasteiger partial charge in [-0.2, -0.15) is 0 Å². The molecule has 0 aromatic rings. The van der Waals surface area contributed by atoms with Crippen molar-refractivity contribution in [3.8, 4) is 0 Å². The van der Waals surface area contributed by atoms with Crippen molar-refractivity contribution in [3.05, 3.63) is 24.4 Å². The summed E-state index contributed by atoms with van der Waals surface area (Å²) in [4.78, 5) is 0. The average molecular weight is 143 g/mol. The molecule has 10 heavy (non-hydrogen) atoms. The number of rotatable bonds is 0. The van der Waals surface area contributed by atoms with Crippen LogP contribution in [0.4, 0.5) is 4.39 Å². The van der Waals surface area contributed by atoms with E-state index in [0.29, 0.717) is 18.6 Å². The SMILES string of the molecule is C=C1N[C@@H](C)CO/C1=C\F. The Morgan fingerprint density at radius 3 is 3.10 bits per heavy atom. The van der Waals surface area contributed by atoms with Gasteiger partial charge in [0.1, 0.15) is 12.9 Å². The van der Waals surface area contributed by atoms with Gasteiger partial charge in [-0.15, -0.1) is 0 Å². The monoisotopic (exact) mass is 143 g/mol. The van der Waals surface area contributed by atoms with E-state index in [-0.39, 0.29) is 11.8 Å². The number of ether oxygens (including phenoxy) is 1. The summed E-state index contributed by atoms with van der Waals surface area (Å²) < 4.78 is 16.8. The van der Waals surface area contributed by atoms with Crippen LogP contribution in [0.15, 0.2) is 24.4 Å². The smallest absolute Gasteiger partial charge is 0.170 e. The van der Waals surface area contributed by atoms with Crippen LogP contribution in [-0.4, -0.2) is 12.6 Å².